The Morgan fingerprint density at radius 1 is 1.47 bits per heavy atom. The van der Waals surface area contributed by atoms with Crippen LogP contribution in [-0.4, -0.2) is 28.5 Å². The van der Waals surface area contributed by atoms with E-state index in [1.807, 2.05) is 35.9 Å². The SMILES string of the molecule is Cn1c(CC(=O)CC2CCOC2)nc2ccccc21. The molecule has 4 heteroatoms. The maximum atomic E-state index is 12.1. The Morgan fingerprint density at radius 2 is 2.32 bits per heavy atom. The topological polar surface area (TPSA) is 44.1 Å². The van der Waals surface area contributed by atoms with Gasteiger partial charge in [-0.2, -0.15) is 0 Å². The lowest BCUT2D eigenvalue weighted by Crippen LogP contribution is -2.13. The fourth-order valence-corrected chi connectivity index (χ4v) is 2.67. The number of hydrogen-bond acceptors (Lipinski definition) is 3. The van der Waals surface area contributed by atoms with Gasteiger partial charge >= 0.3 is 0 Å². The van der Waals surface area contributed by atoms with Crippen LogP contribution < -0.4 is 0 Å². The molecule has 2 aromatic rings. The van der Waals surface area contributed by atoms with E-state index < -0.39 is 0 Å². The predicted octanol–water partition coefficient (Wildman–Crippen LogP) is 2.11. The van der Waals surface area contributed by atoms with Gasteiger partial charge in [0.1, 0.15) is 11.6 Å². The molecule has 0 aliphatic carbocycles. The first kappa shape index (κ1) is 12.4. The van der Waals surface area contributed by atoms with E-state index in [0.717, 1.165) is 36.5 Å². The minimum Gasteiger partial charge on any atom is -0.381 e. The molecular weight excluding hydrogens is 240 g/mol. The Hall–Kier alpha value is -1.68. The third-order valence-corrected chi connectivity index (χ3v) is 3.78. The first-order chi connectivity index (χ1) is 9.24. The first-order valence-electron chi connectivity index (χ1n) is 6.74. The number of carbonyl (C=O) groups excluding carboxylic acids is 1. The van der Waals surface area contributed by atoms with Crippen LogP contribution in [0.25, 0.3) is 11.0 Å². The van der Waals surface area contributed by atoms with Crippen molar-refractivity contribution in [2.45, 2.75) is 19.3 Å². The molecule has 19 heavy (non-hydrogen) atoms. The highest BCUT2D eigenvalue weighted by Gasteiger charge is 2.20. The minimum atomic E-state index is 0.258. The zero-order chi connectivity index (χ0) is 13.2. The van der Waals surface area contributed by atoms with E-state index >= 15 is 0 Å². The van der Waals surface area contributed by atoms with E-state index in [0.29, 0.717) is 18.8 Å². The summed E-state index contributed by atoms with van der Waals surface area (Å²) in [6.45, 7) is 1.53. The molecule has 100 valence electrons. The van der Waals surface area contributed by atoms with Crippen LogP contribution in [-0.2, 0) is 23.0 Å². The van der Waals surface area contributed by atoms with Gasteiger partial charge in [-0.15, -0.1) is 0 Å². The summed E-state index contributed by atoms with van der Waals surface area (Å²) in [6, 6.07) is 7.97. The van der Waals surface area contributed by atoms with Gasteiger partial charge in [-0.05, 0) is 24.5 Å². The molecule has 1 aromatic heterocycles. The fraction of sp³-hybridized carbons (Fsp3) is 0.467. The van der Waals surface area contributed by atoms with Crippen LogP contribution in [0.2, 0.25) is 0 Å². The Labute approximate surface area is 112 Å². The largest absolute Gasteiger partial charge is 0.381 e. The van der Waals surface area contributed by atoms with Crippen molar-refractivity contribution in [2.75, 3.05) is 13.2 Å². The maximum Gasteiger partial charge on any atom is 0.140 e. The second kappa shape index (κ2) is 5.13. The molecule has 0 spiro atoms. The Morgan fingerprint density at radius 3 is 3.05 bits per heavy atom. The van der Waals surface area contributed by atoms with E-state index in [4.69, 9.17) is 4.74 Å². The van der Waals surface area contributed by atoms with E-state index in [1.165, 1.54) is 0 Å². The van der Waals surface area contributed by atoms with Gasteiger partial charge in [-0.3, -0.25) is 4.79 Å². The molecule has 1 unspecified atom stereocenters. The summed E-state index contributed by atoms with van der Waals surface area (Å²) in [4.78, 5) is 16.6. The monoisotopic (exact) mass is 258 g/mol. The summed E-state index contributed by atoms with van der Waals surface area (Å²) >= 11 is 0. The van der Waals surface area contributed by atoms with Crippen molar-refractivity contribution in [3.63, 3.8) is 0 Å². The third-order valence-electron chi connectivity index (χ3n) is 3.78. The van der Waals surface area contributed by atoms with Crippen LogP contribution >= 0.6 is 0 Å². The predicted molar refractivity (Wildman–Crippen MR) is 73.0 cm³/mol. The molecule has 0 bridgehead atoms. The van der Waals surface area contributed by atoms with Crippen LogP contribution in [0.4, 0.5) is 0 Å². The molecule has 4 nitrogen and oxygen atoms in total. The molecule has 0 N–H and O–H groups in total. The summed E-state index contributed by atoms with van der Waals surface area (Å²) in [5, 5.41) is 0. The van der Waals surface area contributed by atoms with Crippen molar-refractivity contribution in [2.24, 2.45) is 13.0 Å². The lowest BCUT2D eigenvalue weighted by Gasteiger charge is -2.06. The molecular formula is C15H18N2O2. The van der Waals surface area contributed by atoms with Gasteiger partial charge in [-0.25, -0.2) is 4.98 Å². The van der Waals surface area contributed by atoms with E-state index in [-0.39, 0.29) is 5.78 Å². The number of ketones is 1. The van der Waals surface area contributed by atoms with E-state index in [1.54, 1.807) is 0 Å². The van der Waals surface area contributed by atoms with E-state index in [9.17, 15) is 4.79 Å². The highest BCUT2D eigenvalue weighted by molar-refractivity contribution is 5.82. The smallest absolute Gasteiger partial charge is 0.140 e. The number of carbonyl (C=O) groups is 1. The number of benzene rings is 1. The van der Waals surface area contributed by atoms with Gasteiger partial charge < -0.3 is 9.30 Å². The summed E-state index contributed by atoms with van der Waals surface area (Å²) in [5.74, 6) is 1.52. The highest BCUT2D eigenvalue weighted by Crippen LogP contribution is 2.19. The average Bonchev–Trinajstić information content (AvgIpc) is 3.00. The number of hydrogen-bond donors (Lipinski definition) is 0. The van der Waals surface area contributed by atoms with E-state index in [2.05, 4.69) is 4.98 Å². The van der Waals surface area contributed by atoms with Crippen molar-refractivity contribution < 1.29 is 9.53 Å². The molecule has 1 fully saturated rings. The quantitative estimate of drug-likeness (QED) is 0.843. The number of nitrogens with zero attached hydrogens (tertiary/aromatic N) is 2. The van der Waals surface area contributed by atoms with Gasteiger partial charge in [0.15, 0.2) is 0 Å². The summed E-state index contributed by atoms with van der Waals surface area (Å²) in [7, 11) is 1.97. The molecule has 0 radical (unpaired) electrons. The van der Waals surface area contributed by atoms with Crippen molar-refractivity contribution in [1.29, 1.82) is 0 Å². The van der Waals surface area contributed by atoms with Crippen molar-refractivity contribution in [3.8, 4) is 0 Å². The zero-order valence-corrected chi connectivity index (χ0v) is 11.1. The number of Topliss-reactive ketones (excluding diaryl/α,β-unsaturated/α-hetero) is 1. The standard InChI is InChI=1S/C15H18N2O2/c1-17-14-5-3-2-4-13(14)16-15(17)9-12(18)8-11-6-7-19-10-11/h2-5,11H,6-10H2,1H3. The third kappa shape index (κ3) is 2.54. The number of aromatic nitrogens is 2. The number of rotatable bonds is 4. The normalized spacial score (nSPS) is 19.1. The van der Waals surface area contributed by atoms with Crippen LogP contribution in [0, 0.1) is 5.92 Å². The van der Waals surface area contributed by atoms with Crippen LogP contribution in [0.5, 0.6) is 0 Å². The van der Waals surface area contributed by atoms with Crippen molar-refractivity contribution in [1.82, 2.24) is 9.55 Å². The molecule has 1 saturated heterocycles. The summed E-state index contributed by atoms with van der Waals surface area (Å²) in [6.07, 6.45) is 2.04. The molecule has 1 aliphatic rings. The summed E-state index contributed by atoms with van der Waals surface area (Å²) in [5.41, 5.74) is 2.03. The van der Waals surface area contributed by atoms with Crippen LogP contribution in [0.15, 0.2) is 24.3 Å². The molecule has 0 amide bonds. The van der Waals surface area contributed by atoms with Gasteiger partial charge in [-0.1, -0.05) is 12.1 Å². The van der Waals surface area contributed by atoms with Crippen molar-refractivity contribution >= 4 is 16.8 Å². The molecule has 0 saturated carbocycles. The highest BCUT2D eigenvalue weighted by atomic mass is 16.5. The van der Waals surface area contributed by atoms with Gasteiger partial charge in [0, 0.05) is 26.7 Å². The van der Waals surface area contributed by atoms with Gasteiger partial charge in [0.05, 0.1) is 17.5 Å². The zero-order valence-electron chi connectivity index (χ0n) is 11.1. The van der Waals surface area contributed by atoms with Gasteiger partial charge in [0.2, 0.25) is 0 Å². The number of aryl methyl sites for hydroxylation is 1. The molecule has 1 aliphatic heterocycles. The van der Waals surface area contributed by atoms with Crippen molar-refractivity contribution in [3.05, 3.63) is 30.1 Å². The molecule has 3 rings (SSSR count). The second-order valence-electron chi connectivity index (χ2n) is 5.22. The molecule has 2 heterocycles. The Bertz CT molecular complexity index is 597. The Balaban J connectivity index is 1.73. The minimum absolute atomic E-state index is 0.258. The Kier molecular flexibility index (Phi) is 3.34. The fourth-order valence-electron chi connectivity index (χ4n) is 2.67. The number of fused-ring (bicyclic) bond motifs is 1. The number of para-hydroxylation sites is 2. The van der Waals surface area contributed by atoms with Crippen LogP contribution in [0.1, 0.15) is 18.7 Å². The van der Waals surface area contributed by atoms with Crippen LogP contribution in [0.3, 0.4) is 0 Å². The lowest BCUT2D eigenvalue weighted by molar-refractivity contribution is -0.119. The number of ether oxygens (including phenoxy) is 1. The molecule has 1 atom stereocenters. The summed E-state index contributed by atoms with van der Waals surface area (Å²) < 4.78 is 7.32. The molecule has 1 aromatic carbocycles. The average molecular weight is 258 g/mol. The first-order valence-corrected chi connectivity index (χ1v) is 6.74. The number of imidazole rings is 1. The second-order valence-corrected chi connectivity index (χ2v) is 5.22. The maximum absolute atomic E-state index is 12.1. The lowest BCUT2D eigenvalue weighted by atomic mass is 10.0. The van der Waals surface area contributed by atoms with Gasteiger partial charge in [0.25, 0.3) is 0 Å².